The molecule has 126 valence electrons. The van der Waals surface area contributed by atoms with Crippen molar-refractivity contribution in [3.05, 3.63) is 46.1 Å². The minimum absolute atomic E-state index is 0.225. The van der Waals surface area contributed by atoms with Crippen LogP contribution in [0.4, 0.5) is 0 Å². The van der Waals surface area contributed by atoms with E-state index in [4.69, 9.17) is 9.72 Å². The second-order valence-corrected chi connectivity index (χ2v) is 6.77. The number of aromatic amines is 1. The van der Waals surface area contributed by atoms with Crippen molar-refractivity contribution in [1.29, 1.82) is 0 Å². The van der Waals surface area contributed by atoms with Gasteiger partial charge in [0.25, 0.3) is 0 Å². The summed E-state index contributed by atoms with van der Waals surface area (Å²) in [4.78, 5) is 4.81. The number of pyridine rings is 1. The third-order valence-corrected chi connectivity index (χ3v) is 5.47. The molecule has 25 heavy (non-hydrogen) atoms. The molecular formula is C19H16BrN3O2. The second kappa shape index (κ2) is 5.74. The number of aromatic nitrogens is 3. The molecule has 2 aromatic carbocycles. The molecule has 0 aliphatic rings. The number of methoxy groups -OCH3 is 1. The van der Waals surface area contributed by atoms with Crippen molar-refractivity contribution in [2.45, 2.75) is 13.8 Å². The van der Waals surface area contributed by atoms with E-state index in [-0.39, 0.29) is 5.75 Å². The number of ether oxygens (including phenoxy) is 1. The Morgan fingerprint density at radius 3 is 2.52 bits per heavy atom. The fourth-order valence-corrected chi connectivity index (χ4v) is 3.78. The number of nitrogens with one attached hydrogen (secondary N) is 1. The molecule has 4 aromatic rings. The Kier molecular flexibility index (Phi) is 3.65. The number of halogens is 1. The van der Waals surface area contributed by atoms with Gasteiger partial charge in [-0.2, -0.15) is 5.10 Å². The zero-order valence-corrected chi connectivity index (χ0v) is 15.6. The molecule has 0 aliphatic carbocycles. The Balaban J connectivity index is 2.22. The van der Waals surface area contributed by atoms with Crippen LogP contribution >= 0.6 is 15.9 Å². The molecule has 5 nitrogen and oxygen atoms in total. The van der Waals surface area contributed by atoms with Crippen LogP contribution in [0.2, 0.25) is 0 Å². The molecule has 6 heteroatoms. The first-order chi connectivity index (χ1) is 12.0. The minimum atomic E-state index is 0.225. The lowest BCUT2D eigenvalue weighted by Crippen LogP contribution is -1.95. The molecule has 0 atom stereocenters. The number of hydrogen-bond donors (Lipinski definition) is 2. The highest BCUT2D eigenvalue weighted by Gasteiger charge is 2.19. The fraction of sp³-hybridized carbons (Fsp3) is 0.158. The average Bonchev–Trinajstić information content (AvgIpc) is 2.99. The molecular weight excluding hydrogens is 382 g/mol. The summed E-state index contributed by atoms with van der Waals surface area (Å²) in [6.07, 6.45) is 0. The molecule has 0 amide bonds. The van der Waals surface area contributed by atoms with Gasteiger partial charge in [0.1, 0.15) is 11.5 Å². The lowest BCUT2D eigenvalue weighted by Gasteiger charge is -2.14. The largest absolute Gasteiger partial charge is 0.508 e. The van der Waals surface area contributed by atoms with Gasteiger partial charge in [-0.3, -0.25) is 5.10 Å². The maximum Gasteiger partial charge on any atom is 0.156 e. The highest BCUT2D eigenvalue weighted by molar-refractivity contribution is 9.10. The quantitative estimate of drug-likeness (QED) is 0.505. The van der Waals surface area contributed by atoms with E-state index in [2.05, 4.69) is 26.1 Å². The number of aromatic hydroxyl groups is 1. The summed E-state index contributed by atoms with van der Waals surface area (Å²) >= 11 is 3.73. The van der Waals surface area contributed by atoms with E-state index in [0.717, 1.165) is 54.5 Å². The first-order valence-electron chi connectivity index (χ1n) is 7.82. The van der Waals surface area contributed by atoms with Gasteiger partial charge in [0.2, 0.25) is 0 Å². The Hall–Kier alpha value is -2.60. The van der Waals surface area contributed by atoms with Crippen LogP contribution in [0, 0.1) is 13.8 Å². The van der Waals surface area contributed by atoms with Crippen LogP contribution in [-0.4, -0.2) is 27.4 Å². The SMILES string of the molecule is COc1cc2c(c(-c3ccc(O)cc3)nc3[nH]nc(C)c32)c(Br)c1C. The molecule has 0 radical (unpaired) electrons. The summed E-state index contributed by atoms with van der Waals surface area (Å²) in [6, 6.07) is 9.08. The lowest BCUT2D eigenvalue weighted by atomic mass is 9.98. The molecule has 0 aliphatic heterocycles. The van der Waals surface area contributed by atoms with Crippen LogP contribution in [0.5, 0.6) is 11.5 Å². The molecule has 2 heterocycles. The topological polar surface area (TPSA) is 71.0 Å². The maximum atomic E-state index is 9.60. The van der Waals surface area contributed by atoms with Crippen molar-refractivity contribution < 1.29 is 9.84 Å². The normalized spacial score (nSPS) is 11.4. The van der Waals surface area contributed by atoms with Crippen molar-refractivity contribution in [3.8, 4) is 22.8 Å². The summed E-state index contributed by atoms with van der Waals surface area (Å²) in [5.41, 5.74) is 4.37. The molecule has 0 saturated carbocycles. The van der Waals surface area contributed by atoms with E-state index in [0.29, 0.717) is 0 Å². The number of H-pyrrole nitrogens is 1. The molecule has 4 rings (SSSR count). The van der Waals surface area contributed by atoms with Crippen molar-refractivity contribution in [3.63, 3.8) is 0 Å². The Morgan fingerprint density at radius 2 is 1.84 bits per heavy atom. The van der Waals surface area contributed by atoms with Gasteiger partial charge < -0.3 is 9.84 Å². The van der Waals surface area contributed by atoms with Gasteiger partial charge in [-0.15, -0.1) is 0 Å². The summed E-state index contributed by atoms with van der Waals surface area (Å²) in [7, 11) is 1.67. The number of phenolic OH excluding ortho intramolecular Hbond substituents is 1. The molecule has 0 bridgehead atoms. The predicted molar refractivity (Wildman–Crippen MR) is 102 cm³/mol. The van der Waals surface area contributed by atoms with Gasteiger partial charge in [0.15, 0.2) is 5.65 Å². The van der Waals surface area contributed by atoms with Crippen LogP contribution < -0.4 is 4.74 Å². The van der Waals surface area contributed by atoms with Crippen LogP contribution in [-0.2, 0) is 0 Å². The van der Waals surface area contributed by atoms with Crippen molar-refractivity contribution in [2.75, 3.05) is 7.11 Å². The summed E-state index contributed by atoms with van der Waals surface area (Å²) in [6.45, 7) is 3.97. The van der Waals surface area contributed by atoms with Gasteiger partial charge in [-0.25, -0.2) is 4.98 Å². The van der Waals surface area contributed by atoms with E-state index >= 15 is 0 Å². The summed E-state index contributed by atoms with van der Waals surface area (Å²) in [5.74, 6) is 1.03. The van der Waals surface area contributed by atoms with Crippen molar-refractivity contribution in [1.82, 2.24) is 15.2 Å². The van der Waals surface area contributed by atoms with Gasteiger partial charge >= 0.3 is 0 Å². The first-order valence-corrected chi connectivity index (χ1v) is 8.61. The van der Waals surface area contributed by atoms with Crippen molar-refractivity contribution >= 4 is 37.7 Å². The standard InChI is InChI=1S/C19H16BrN3O2/c1-9-14(25-3)8-13-15-10(2)22-23-19(15)21-18(16(13)17(9)20)11-4-6-12(24)7-5-11/h4-8,24H,1-3H3,(H,21,22,23). The third-order valence-electron chi connectivity index (χ3n) is 4.48. The van der Waals surface area contributed by atoms with E-state index in [1.54, 1.807) is 19.2 Å². The molecule has 0 spiro atoms. The molecule has 2 aromatic heterocycles. The zero-order valence-electron chi connectivity index (χ0n) is 14.0. The predicted octanol–water partition coefficient (Wildman–Crippen LogP) is 4.87. The minimum Gasteiger partial charge on any atom is -0.508 e. The summed E-state index contributed by atoms with van der Waals surface area (Å²) in [5, 5.41) is 19.9. The van der Waals surface area contributed by atoms with E-state index in [1.807, 2.05) is 32.0 Å². The number of phenols is 1. The Labute approximate surface area is 152 Å². The lowest BCUT2D eigenvalue weighted by molar-refractivity contribution is 0.412. The third kappa shape index (κ3) is 2.36. The number of nitrogens with zero attached hydrogens (tertiary/aromatic N) is 2. The van der Waals surface area contributed by atoms with Crippen LogP contribution in [0.3, 0.4) is 0 Å². The van der Waals surface area contributed by atoms with Gasteiger partial charge in [-0.1, -0.05) is 0 Å². The van der Waals surface area contributed by atoms with Crippen LogP contribution in [0.1, 0.15) is 11.3 Å². The Morgan fingerprint density at radius 1 is 1.12 bits per heavy atom. The first kappa shape index (κ1) is 15.9. The van der Waals surface area contributed by atoms with E-state index in [9.17, 15) is 5.11 Å². The fourth-order valence-electron chi connectivity index (χ4n) is 3.19. The smallest absolute Gasteiger partial charge is 0.156 e. The molecule has 2 N–H and O–H groups in total. The van der Waals surface area contributed by atoms with Crippen LogP contribution in [0.15, 0.2) is 34.8 Å². The number of rotatable bonds is 2. The highest BCUT2D eigenvalue weighted by Crippen LogP contribution is 2.42. The number of aryl methyl sites for hydroxylation is 1. The van der Waals surface area contributed by atoms with Gasteiger partial charge in [0, 0.05) is 31.8 Å². The monoisotopic (exact) mass is 397 g/mol. The van der Waals surface area contributed by atoms with Gasteiger partial charge in [-0.05, 0) is 60.1 Å². The average molecular weight is 398 g/mol. The highest BCUT2D eigenvalue weighted by atomic mass is 79.9. The molecule has 0 fully saturated rings. The molecule has 0 unspecified atom stereocenters. The van der Waals surface area contributed by atoms with Crippen molar-refractivity contribution in [2.24, 2.45) is 0 Å². The number of fused-ring (bicyclic) bond motifs is 3. The maximum absolute atomic E-state index is 9.60. The molecule has 0 saturated heterocycles. The number of hydrogen-bond acceptors (Lipinski definition) is 4. The van der Waals surface area contributed by atoms with E-state index in [1.165, 1.54) is 0 Å². The summed E-state index contributed by atoms with van der Waals surface area (Å²) < 4.78 is 6.49. The van der Waals surface area contributed by atoms with Crippen LogP contribution in [0.25, 0.3) is 33.1 Å². The second-order valence-electron chi connectivity index (χ2n) is 5.98. The zero-order chi connectivity index (χ0) is 17.7. The van der Waals surface area contributed by atoms with E-state index < -0.39 is 0 Å². The number of benzene rings is 2. The Bertz CT molecular complexity index is 1120. The van der Waals surface area contributed by atoms with Gasteiger partial charge in [0.05, 0.1) is 18.5 Å².